The van der Waals surface area contributed by atoms with E-state index in [1.54, 1.807) is 30.3 Å². The summed E-state index contributed by atoms with van der Waals surface area (Å²) >= 11 is 5.24. The molecule has 0 aliphatic rings. The molecule has 0 bridgehead atoms. The molecule has 3 N–H and O–H groups in total. The van der Waals surface area contributed by atoms with E-state index in [0.717, 1.165) is 0 Å². The highest BCUT2D eigenvalue weighted by molar-refractivity contribution is 7.46. The second-order valence-electron chi connectivity index (χ2n) is 2.88. The SMILES string of the molecule is O=C(Nc1ccccc1)C(=CCl)OP(=O)(O)O. The van der Waals surface area contributed by atoms with Gasteiger partial charge in [-0.05, 0) is 12.1 Å². The van der Waals surface area contributed by atoms with Gasteiger partial charge in [-0.15, -0.1) is 0 Å². The average Bonchev–Trinajstić information content (AvgIpc) is 2.26. The van der Waals surface area contributed by atoms with E-state index >= 15 is 0 Å². The molecule has 92 valence electrons. The maximum Gasteiger partial charge on any atom is 0.525 e. The Balaban J connectivity index is 2.73. The topological polar surface area (TPSA) is 95.9 Å². The number of rotatable bonds is 4. The monoisotopic (exact) mass is 277 g/mol. The molecule has 0 unspecified atom stereocenters. The van der Waals surface area contributed by atoms with Crippen LogP contribution in [0.2, 0.25) is 0 Å². The summed E-state index contributed by atoms with van der Waals surface area (Å²) in [7, 11) is -4.81. The highest BCUT2D eigenvalue weighted by Crippen LogP contribution is 2.39. The van der Waals surface area contributed by atoms with Gasteiger partial charge in [0.05, 0.1) is 5.54 Å². The summed E-state index contributed by atoms with van der Waals surface area (Å²) in [5.74, 6) is -1.52. The first-order valence-electron chi connectivity index (χ1n) is 4.34. The zero-order valence-electron chi connectivity index (χ0n) is 8.41. The molecule has 0 saturated carbocycles. The van der Waals surface area contributed by atoms with E-state index in [0.29, 0.717) is 11.2 Å². The van der Waals surface area contributed by atoms with Crippen LogP contribution in [0.4, 0.5) is 5.69 Å². The van der Waals surface area contributed by atoms with Crippen LogP contribution in [0.25, 0.3) is 0 Å². The Hall–Kier alpha value is -1.33. The van der Waals surface area contributed by atoms with Crippen LogP contribution in [0.15, 0.2) is 41.6 Å². The first-order chi connectivity index (χ1) is 7.92. The molecule has 0 saturated heterocycles. The van der Waals surface area contributed by atoms with Crippen molar-refractivity contribution in [1.29, 1.82) is 0 Å². The van der Waals surface area contributed by atoms with E-state index in [4.69, 9.17) is 21.4 Å². The number of hydrogen-bond acceptors (Lipinski definition) is 3. The van der Waals surface area contributed by atoms with Crippen LogP contribution in [0.5, 0.6) is 0 Å². The normalized spacial score (nSPS) is 12.1. The highest BCUT2D eigenvalue weighted by atomic mass is 35.5. The molecule has 0 aliphatic heterocycles. The number of nitrogens with one attached hydrogen (secondary N) is 1. The number of phosphoric acid groups is 1. The zero-order valence-corrected chi connectivity index (χ0v) is 10.1. The lowest BCUT2D eigenvalue weighted by Gasteiger charge is -2.10. The molecule has 0 aliphatic carbocycles. The third-order valence-electron chi connectivity index (χ3n) is 1.57. The maximum absolute atomic E-state index is 11.5. The highest BCUT2D eigenvalue weighted by Gasteiger charge is 2.22. The van der Waals surface area contributed by atoms with Crippen LogP contribution in [-0.4, -0.2) is 15.7 Å². The van der Waals surface area contributed by atoms with Gasteiger partial charge < -0.3 is 9.84 Å². The second-order valence-corrected chi connectivity index (χ2v) is 4.26. The summed E-state index contributed by atoms with van der Waals surface area (Å²) in [6.07, 6.45) is 0. The summed E-state index contributed by atoms with van der Waals surface area (Å²) in [5, 5.41) is 2.36. The van der Waals surface area contributed by atoms with E-state index < -0.39 is 19.5 Å². The Bertz CT molecular complexity index is 470. The minimum atomic E-state index is -4.81. The van der Waals surface area contributed by atoms with Crippen LogP contribution in [0.1, 0.15) is 0 Å². The fraction of sp³-hybridized carbons (Fsp3) is 0. The Morgan fingerprint density at radius 3 is 2.41 bits per heavy atom. The molecule has 1 amide bonds. The van der Waals surface area contributed by atoms with E-state index in [9.17, 15) is 9.36 Å². The molecule has 0 aromatic heterocycles. The number of anilines is 1. The van der Waals surface area contributed by atoms with Crippen LogP contribution < -0.4 is 5.32 Å². The van der Waals surface area contributed by atoms with Gasteiger partial charge in [0.25, 0.3) is 5.91 Å². The lowest BCUT2D eigenvalue weighted by atomic mass is 10.3. The van der Waals surface area contributed by atoms with Crippen molar-refractivity contribution in [2.45, 2.75) is 0 Å². The van der Waals surface area contributed by atoms with E-state index in [2.05, 4.69) is 9.84 Å². The fourth-order valence-electron chi connectivity index (χ4n) is 0.953. The second kappa shape index (κ2) is 5.84. The van der Waals surface area contributed by atoms with Crippen molar-refractivity contribution in [3.63, 3.8) is 0 Å². The Morgan fingerprint density at radius 2 is 1.94 bits per heavy atom. The maximum atomic E-state index is 11.5. The minimum absolute atomic E-state index is 0.447. The number of phosphoric ester groups is 1. The Kier molecular flexibility index (Phi) is 4.72. The van der Waals surface area contributed by atoms with E-state index in [1.807, 2.05) is 0 Å². The van der Waals surface area contributed by atoms with Gasteiger partial charge in [0, 0.05) is 5.69 Å². The lowest BCUT2D eigenvalue weighted by Crippen LogP contribution is -2.15. The van der Waals surface area contributed by atoms with Gasteiger partial charge in [-0.25, -0.2) is 4.57 Å². The molecule has 0 atom stereocenters. The van der Waals surface area contributed by atoms with Crippen molar-refractivity contribution in [2.75, 3.05) is 5.32 Å². The van der Waals surface area contributed by atoms with Crippen molar-refractivity contribution in [1.82, 2.24) is 0 Å². The van der Waals surface area contributed by atoms with Crippen molar-refractivity contribution in [2.24, 2.45) is 0 Å². The van der Waals surface area contributed by atoms with Gasteiger partial charge in [-0.1, -0.05) is 29.8 Å². The van der Waals surface area contributed by atoms with Gasteiger partial charge in [-0.3, -0.25) is 14.6 Å². The summed E-state index contributed by atoms with van der Waals surface area (Å²) in [5.41, 5.74) is 1.10. The van der Waals surface area contributed by atoms with Gasteiger partial charge in [0.2, 0.25) is 5.76 Å². The molecule has 1 aromatic rings. The largest absolute Gasteiger partial charge is 0.525 e. The fourth-order valence-corrected chi connectivity index (χ4v) is 1.55. The molecule has 0 fully saturated rings. The Morgan fingerprint density at radius 1 is 1.35 bits per heavy atom. The Labute approximate surface area is 102 Å². The van der Waals surface area contributed by atoms with E-state index in [-0.39, 0.29) is 0 Å². The van der Waals surface area contributed by atoms with Crippen LogP contribution in [0, 0.1) is 0 Å². The van der Waals surface area contributed by atoms with E-state index in [1.165, 1.54) is 0 Å². The van der Waals surface area contributed by atoms with Gasteiger partial charge in [0.15, 0.2) is 0 Å². The molecule has 1 aromatic carbocycles. The van der Waals surface area contributed by atoms with Gasteiger partial charge >= 0.3 is 7.82 Å². The average molecular weight is 278 g/mol. The molecule has 0 radical (unpaired) electrons. The van der Waals surface area contributed by atoms with Crippen LogP contribution in [-0.2, 0) is 13.9 Å². The van der Waals surface area contributed by atoms with Crippen molar-refractivity contribution in [3.8, 4) is 0 Å². The van der Waals surface area contributed by atoms with Gasteiger partial charge in [0.1, 0.15) is 0 Å². The summed E-state index contributed by atoms with van der Waals surface area (Å²) in [4.78, 5) is 28.6. The zero-order chi connectivity index (χ0) is 12.9. The predicted octanol–water partition coefficient (Wildman–Crippen LogP) is 1.81. The number of carbonyl (C=O) groups is 1. The first kappa shape index (κ1) is 13.7. The number of carbonyl (C=O) groups excluding carboxylic acids is 1. The third kappa shape index (κ3) is 5.01. The minimum Gasteiger partial charge on any atom is -0.397 e. The van der Waals surface area contributed by atoms with Crippen molar-refractivity contribution in [3.05, 3.63) is 41.6 Å². The number of para-hydroxylation sites is 1. The van der Waals surface area contributed by atoms with Crippen LogP contribution >= 0.6 is 19.4 Å². The molecule has 0 spiro atoms. The third-order valence-corrected chi connectivity index (χ3v) is 2.20. The molecule has 8 heteroatoms. The molecule has 6 nitrogen and oxygen atoms in total. The smallest absolute Gasteiger partial charge is 0.397 e. The molecular formula is C9H9ClNO5P. The van der Waals surface area contributed by atoms with Crippen LogP contribution in [0.3, 0.4) is 0 Å². The lowest BCUT2D eigenvalue weighted by molar-refractivity contribution is -0.115. The molecule has 1 rings (SSSR count). The molecule has 17 heavy (non-hydrogen) atoms. The predicted molar refractivity (Wildman–Crippen MR) is 62.1 cm³/mol. The van der Waals surface area contributed by atoms with Crippen molar-refractivity contribution < 1.29 is 23.7 Å². The molecular weight excluding hydrogens is 269 g/mol. The standard InChI is InChI=1S/C9H9ClNO5P/c10-6-8(16-17(13,14)15)9(12)11-7-4-2-1-3-5-7/h1-6H,(H,11,12)(H2,13,14,15). The summed E-state index contributed by atoms with van der Waals surface area (Å²) < 4.78 is 14.7. The summed E-state index contributed by atoms with van der Waals surface area (Å²) in [6.45, 7) is 0. The number of hydrogen-bond donors (Lipinski definition) is 3. The first-order valence-corrected chi connectivity index (χ1v) is 6.31. The molecule has 0 heterocycles. The quantitative estimate of drug-likeness (QED) is 0.443. The number of amides is 1. The van der Waals surface area contributed by atoms with Crippen molar-refractivity contribution >= 4 is 31.0 Å². The summed E-state index contributed by atoms with van der Waals surface area (Å²) in [6, 6.07) is 8.32. The number of halogens is 1. The number of benzene rings is 1. The van der Waals surface area contributed by atoms with Gasteiger partial charge in [-0.2, -0.15) is 0 Å².